The van der Waals surface area contributed by atoms with Crippen LogP contribution in [0.3, 0.4) is 0 Å². The molecule has 1 N–H and O–H groups in total. The number of thiophene rings is 1. The largest absolute Gasteiger partial charge is 0.317 e. The second-order valence-corrected chi connectivity index (χ2v) is 6.09. The summed E-state index contributed by atoms with van der Waals surface area (Å²) in [5, 5.41) is 5.55. The first-order valence-electron chi connectivity index (χ1n) is 7.21. The van der Waals surface area contributed by atoms with Crippen LogP contribution in [0, 0.1) is 0 Å². The summed E-state index contributed by atoms with van der Waals surface area (Å²) in [6.07, 6.45) is 3.95. The van der Waals surface area contributed by atoms with Crippen LogP contribution in [0.25, 0.3) is 0 Å². The van der Waals surface area contributed by atoms with Crippen LogP contribution in [0.4, 0.5) is 0 Å². The Balaban J connectivity index is 2.18. The van der Waals surface area contributed by atoms with Gasteiger partial charge in [-0.25, -0.2) is 0 Å². The third-order valence-electron chi connectivity index (χ3n) is 3.22. The van der Waals surface area contributed by atoms with Gasteiger partial charge in [-0.15, -0.1) is 11.3 Å². The number of nitrogens with one attached hydrogen (secondary N) is 1. The van der Waals surface area contributed by atoms with E-state index in [2.05, 4.69) is 48.5 Å². The fraction of sp³-hybridized carbons (Fsp3) is 0.733. The van der Waals surface area contributed by atoms with Gasteiger partial charge in [-0.3, -0.25) is 4.90 Å². The van der Waals surface area contributed by atoms with Crippen LogP contribution < -0.4 is 5.32 Å². The smallest absolute Gasteiger partial charge is 0.0330 e. The molecular weight excluding hydrogens is 240 g/mol. The van der Waals surface area contributed by atoms with E-state index in [4.69, 9.17) is 0 Å². The summed E-state index contributed by atoms with van der Waals surface area (Å²) in [7, 11) is 0. The summed E-state index contributed by atoms with van der Waals surface area (Å²) >= 11 is 1.87. The van der Waals surface area contributed by atoms with E-state index in [0.29, 0.717) is 6.04 Å². The highest BCUT2D eigenvalue weighted by atomic mass is 32.1. The quantitative estimate of drug-likeness (QED) is 0.650. The molecule has 0 atom stereocenters. The lowest BCUT2D eigenvalue weighted by molar-refractivity contribution is 0.210. The van der Waals surface area contributed by atoms with Crippen molar-refractivity contribution >= 4 is 11.3 Å². The molecule has 0 saturated heterocycles. The molecule has 0 spiro atoms. The summed E-state index contributed by atoms with van der Waals surface area (Å²) < 4.78 is 0. The molecular formula is C15H28N2S. The van der Waals surface area contributed by atoms with Crippen LogP contribution in [-0.2, 0) is 6.54 Å². The van der Waals surface area contributed by atoms with Gasteiger partial charge in [0.05, 0.1) is 0 Å². The van der Waals surface area contributed by atoms with Crippen molar-refractivity contribution in [1.29, 1.82) is 0 Å². The normalized spacial score (nSPS) is 11.6. The van der Waals surface area contributed by atoms with Gasteiger partial charge in [0.25, 0.3) is 0 Å². The van der Waals surface area contributed by atoms with E-state index in [1.807, 2.05) is 11.3 Å². The lowest BCUT2D eigenvalue weighted by Crippen LogP contribution is -2.31. The topological polar surface area (TPSA) is 15.3 Å². The molecule has 3 heteroatoms. The summed E-state index contributed by atoms with van der Waals surface area (Å²) in [6.45, 7) is 11.4. The summed E-state index contributed by atoms with van der Waals surface area (Å²) in [6, 6.07) is 5.03. The number of hydrogen-bond acceptors (Lipinski definition) is 3. The third-order valence-corrected chi connectivity index (χ3v) is 4.08. The third kappa shape index (κ3) is 6.53. The maximum atomic E-state index is 3.38. The highest BCUT2D eigenvalue weighted by Gasteiger charge is 2.09. The van der Waals surface area contributed by atoms with Crippen LogP contribution in [-0.4, -0.2) is 30.6 Å². The fourth-order valence-corrected chi connectivity index (χ4v) is 2.77. The van der Waals surface area contributed by atoms with Gasteiger partial charge >= 0.3 is 0 Å². The fourth-order valence-electron chi connectivity index (χ4n) is 2.04. The molecule has 0 amide bonds. The zero-order chi connectivity index (χ0) is 13.2. The summed E-state index contributed by atoms with van der Waals surface area (Å²) in [4.78, 5) is 4.07. The van der Waals surface area contributed by atoms with Crippen LogP contribution in [0.5, 0.6) is 0 Å². The first-order valence-corrected chi connectivity index (χ1v) is 8.09. The van der Waals surface area contributed by atoms with E-state index < -0.39 is 0 Å². The molecule has 0 unspecified atom stereocenters. The SMILES string of the molecule is CCNCCCCCN(Cc1cccs1)C(C)C. The van der Waals surface area contributed by atoms with E-state index in [-0.39, 0.29) is 0 Å². The molecule has 0 bridgehead atoms. The molecule has 18 heavy (non-hydrogen) atoms. The first kappa shape index (κ1) is 15.7. The van der Waals surface area contributed by atoms with Gasteiger partial charge < -0.3 is 5.32 Å². The van der Waals surface area contributed by atoms with E-state index in [1.54, 1.807) is 0 Å². The molecule has 1 heterocycles. The van der Waals surface area contributed by atoms with Gasteiger partial charge in [0, 0.05) is 17.5 Å². The molecule has 1 rings (SSSR count). The second kappa shape index (κ2) is 9.54. The predicted octanol–water partition coefficient (Wildman–Crippen LogP) is 3.74. The van der Waals surface area contributed by atoms with Crippen molar-refractivity contribution < 1.29 is 0 Å². The Morgan fingerprint density at radius 2 is 2.11 bits per heavy atom. The molecule has 1 aromatic heterocycles. The molecule has 2 nitrogen and oxygen atoms in total. The van der Waals surface area contributed by atoms with Crippen molar-refractivity contribution in [3.05, 3.63) is 22.4 Å². The highest BCUT2D eigenvalue weighted by Crippen LogP contribution is 2.14. The van der Waals surface area contributed by atoms with Crippen LogP contribution >= 0.6 is 11.3 Å². The van der Waals surface area contributed by atoms with Crippen LogP contribution in [0.2, 0.25) is 0 Å². The number of rotatable bonds is 10. The molecule has 0 aliphatic heterocycles. The van der Waals surface area contributed by atoms with Gasteiger partial charge in [-0.1, -0.05) is 19.4 Å². The van der Waals surface area contributed by atoms with E-state index in [0.717, 1.165) is 13.1 Å². The minimum absolute atomic E-state index is 0.640. The van der Waals surface area contributed by atoms with Crippen molar-refractivity contribution in [3.8, 4) is 0 Å². The molecule has 0 aliphatic carbocycles. The average molecular weight is 268 g/mol. The van der Waals surface area contributed by atoms with Crippen LogP contribution in [0.15, 0.2) is 17.5 Å². The standard InChI is InChI=1S/C15H28N2S/c1-4-16-10-6-5-7-11-17(14(2)3)13-15-9-8-12-18-15/h8-9,12,14,16H,4-7,10-11,13H2,1-3H3. The van der Waals surface area contributed by atoms with E-state index >= 15 is 0 Å². The van der Waals surface area contributed by atoms with Gasteiger partial charge in [0.1, 0.15) is 0 Å². The maximum Gasteiger partial charge on any atom is 0.0330 e. The maximum absolute atomic E-state index is 3.38. The molecule has 0 radical (unpaired) electrons. The summed E-state index contributed by atoms with van der Waals surface area (Å²) in [5.41, 5.74) is 0. The first-order chi connectivity index (χ1) is 8.74. The molecule has 104 valence electrons. The molecule has 1 aromatic rings. The highest BCUT2D eigenvalue weighted by molar-refractivity contribution is 7.09. The minimum atomic E-state index is 0.640. The van der Waals surface area contributed by atoms with E-state index in [9.17, 15) is 0 Å². The van der Waals surface area contributed by atoms with Crippen LogP contribution in [0.1, 0.15) is 44.9 Å². The monoisotopic (exact) mass is 268 g/mol. The Morgan fingerprint density at radius 3 is 2.72 bits per heavy atom. The van der Waals surface area contributed by atoms with Crippen molar-refractivity contribution in [3.63, 3.8) is 0 Å². The lowest BCUT2D eigenvalue weighted by Gasteiger charge is -2.25. The average Bonchev–Trinajstić information content (AvgIpc) is 2.84. The Kier molecular flexibility index (Phi) is 8.31. The van der Waals surface area contributed by atoms with E-state index in [1.165, 1.54) is 37.2 Å². The Bertz CT molecular complexity index is 283. The number of hydrogen-bond donors (Lipinski definition) is 1. The van der Waals surface area contributed by atoms with Crippen molar-refractivity contribution in [2.75, 3.05) is 19.6 Å². The van der Waals surface area contributed by atoms with Gasteiger partial charge in [-0.05, 0) is 57.8 Å². The number of nitrogens with zero attached hydrogens (tertiary/aromatic N) is 1. The Morgan fingerprint density at radius 1 is 1.28 bits per heavy atom. The van der Waals surface area contributed by atoms with Gasteiger partial charge in [0.2, 0.25) is 0 Å². The molecule has 0 aliphatic rings. The Labute approximate surface area is 116 Å². The molecule has 0 fully saturated rings. The van der Waals surface area contributed by atoms with Gasteiger partial charge in [-0.2, -0.15) is 0 Å². The summed E-state index contributed by atoms with van der Waals surface area (Å²) in [5.74, 6) is 0. The van der Waals surface area contributed by atoms with Crippen molar-refractivity contribution in [1.82, 2.24) is 10.2 Å². The zero-order valence-corrected chi connectivity index (χ0v) is 12.9. The number of unbranched alkanes of at least 4 members (excludes halogenated alkanes) is 2. The van der Waals surface area contributed by atoms with Gasteiger partial charge in [0.15, 0.2) is 0 Å². The Hall–Kier alpha value is -0.380. The molecule has 0 saturated carbocycles. The van der Waals surface area contributed by atoms with Crippen molar-refractivity contribution in [2.24, 2.45) is 0 Å². The predicted molar refractivity (Wildman–Crippen MR) is 82.3 cm³/mol. The molecule has 0 aromatic carbocycles. The lowest BCUT2D eigenvalue weighted by atomic mass is 10.2. The second-order valence-electron chi connectivity index (χ2n) is 5.06. The minimum Gasteiger partial charge on any atom is -0.317 e. The zero-order valence-electron chi connectivity index (χ0n) is 12.1. The van der Waals surface area contributed by atoms with Crippen molar-refractivity contribution in [2.45, 2.75) is 52.6 Å².